The summed E-state index contributed by atoms with van der Waals surface area (Å²) in [6.45, 7) is 4.85. The first kappa shape index (κ1) is 12.0. The van der Waals surface area contributed by atoms with E-state index < -0.39 is 5.97 Å². The van der Waals surface area contributed by atoms with Gasteiger partial charge in [0.15, 0.2) is 0 Å². The van der Waals surface area contributed by atoms with Crippen LogP contribution in [0.25, 0.3) is 0 Å². The van der Waals surface area contributed by atoms with Gasteiger partial charge < -0.3 is 11.4 Å². The molecular formula is C8H16LiNO2. The molecule has 0 amide bonds. The van der Waals surface area contributed by atoms with Crippen molar-refractivity contribution in [2.24, 2.45) is 5.92 Å². The van der Waals surface area contributed by atoms with Crippen molar-refractivity contribution in [2.45, 2.75) is 19.8 Å². The van der Waals surface area contributed by atoms with Crippen LogP contribution in [0, 0.1) is 5.92 Å². The number of nitrogens with zero attached hydrogens (tertiary/aromatic N) is 1. The molecule has 3 nitrogen and oxygen atoms in total. The molecule has 4 heteroatoms. The van der Waals surface area contributed by atoms with E-state index in [-0.39, 0.29) is 26.2 Å². The van der Waals surface area contributed by atoms with Gasteiger partial charge >= 0.3 is 24.8 Å². The minimum Gasteiger partial charge on any atom is -1.00 e. The summed E-state index contributed by atoms with van der Waals surface area (Å²) in [7, 11) is 0. The first-order valence-corrected chi connectivity index (χ1v) is 4.19. The smallest absolute Gasteiger partial charge is 1.00 e. The van der Waals surface area contributed by atoms with Gasteiger partial charge in [-0.05, 0) is 25.9 Å². The van der Waals surface area contributed by atoms with Crippen LogP contribution in [-0.2, 0) is 4.79 Å². The molecule has 0 aromatic carbocycles. The van der Waals surface area contributed by atoms with E-state index in [2.05, 4.69) is 4.90 Å². The molecule has 1 heterocycles. The Morgan fingerprint density at radius 3 is 2.50 bits per heavy atom. The van der Waals surface area contributed by atoms with Gasteiger partial charge in [-0.2, -0.15) is 0 Å². The first-order valence-electron chi connectivity index (χ1n) is 4.19. The van der Waals surface area contributed by atoms with Gasteiger partial charge in [0.1, 0.15) is 0 Å². The van der Waals surface area contributed by atoms with Gasteiger partial charge in [-0.1, -0.05) is 6.92 Å². The third-order valence-electron chi connectivity index (χ3n) is 2.27. The maximum atomic E-state index is 10.6. The summed E-state index contributed by atoms with van der Waals surface area (Å²) < 4.78 is 0. The quantitative estimate of drug-likeness (QED) is 0.486. The Morgan fingerprint density at radius 1 is 1.67 bits per heavy atom. The summed E-state index contributed by atoms with van der Waals surface area (Å²) >= 11 is 0. The van der Waals surface area contributed by atoms with Crippen molar-refractivity contribution in [3.63, 3.8) is 0 Å². The van der Waals surface area contributed by atoms with Crippen LogP contribution in [0.2, 0.25) is 0 Å². The monoisotopic (exact) mass is 165 g/mol. The second kappa shape index (κ2) is 5.64. The summed E-state index contributed by atoms with van der Waals surface area (Å²) in [6.07, 6.45) is 1.97. The SMILES string of the molecule is CCC(CN1CCC1)C(=O)O.[H-].[Li+]. The molecule has 1 unspecified atom stereocenters. The van der Waals surface area contributed by atoms with Crippen molar-refractivity contribution >= 4 is 5.97 Å². The Kier molecular flexibility index (Phi) is 5.65. The second-order valence-corrected chi connectivity index (χ2v) is 3.10. The van der Waals surface area contributed by atoms with E-state index >= 15 is 0 Å². The van der Waals surface area contributed by atoms with E-state index in [1.165, 1.54) is 6.42 Å². The molecule has 0 aromatic rings. The fourth-order valence-electron chi connectivity index (χ4n) is 1.26. The van der Waals surface area contributed by atoms with Crippen LogP contribution in [-0.4, -0.2) is 35.6 Å². The molecule has 0 aliphatic carbocycles. The Bertz CT molecular complexity index is 153. The van der Waals surface area contributed by atoms with Gasteiger partial charge in [0.25, 0.3) is 0 Å². The van der Waals surface area contributed by atoms with E-state index in [9.17, 15) is 4.79 Å². The van der Waals surface area contributed by atoms with Crippen molar-refractivity contribution in [3.05, 3.63) is 0 Å². The van der Waals surface area contributed by atoms with Crippen LogP contribution in [0.3, 0.4) is 0 Å². The molecule has 0 radical (unpaired) electrons. The van der Waals surface area contributed by atoms with E-state index in [1.807, 2.05) is 6.92 Å². The van der Waals surface area contributed by atoms with E-state index in [4.69, 9.17) is 5.11 Å². The van der Waals surface area contributed by atoms with Crippen molar-refractivity contribution in [1.82, 2.24) is 4.90 Å². The minimum atomic E-state index is -0.653. The number of carbonyl (C=O) groups is 1. The molecule has 12 heavy (non-hydrogen) atoms. The zero-order chi connectivity index (χ0) is 8.27. The van der Waals surface area contributed by atoms with Gasteiger partial charge in [-0.15, -0.1) is 0 Å². The minimum absolute atomic E-state index is 0. The van der Waals surface area contributed by atoms with Gasteiger partial charge in [0, 0.05) is 6.54 Å². The summed E-state index contributed by atoms with van der Waals surface area (Å²) in [5, 5.41) is 8.72. The molecule has 1 saturated heterocycles. The Morgan fingerprint density at radius 2 is 2.25 bits per heavy atom. The molecule has 1 rings (SSSR count). The summed E-state index contributed by atoms with van der Waals surface area (Å²) in [5.74, 6) is -0.810. The molecule has 66 valence electrons. The number of rotatable bonds is 4. The van der Waals surface area contributed by atoms with Crippen LogP contribution < -0.4 is 18.9 Å². The van der Waals surface area contributed by atoms with Crippen molar-refractivity contribution < 1.29 is 30.2 Å². The Hall–Kier alpha value is 0.0274. The number of aliphatic carboxylic acids is 1. The Labute approximate surface area is 86.8 Å². The van der Waals surface area contributed by atoms with Crippen molar-refractivity contribution in [3.8, 4) is 0 Å². The van der Waals surface area contributed by atoms with E-state index in [0.29, 0.717) is 0 Å². The summed E-state index contributed by atoms with van der Waals surface area (Å²) in [6, 6.07) is 0. The largest absolute Gasteiger partial charge is 1.00 e. The predicted molar refractivity (Wildman–Crippen MR) is 43.6 cm³/mol. The van der Waals surface area contributed by atoms with Crippen LogP contribution in [0.1, 0.15) is 21.2 Å². The van der Waals surface area contributed by atoms with Gasteiger partial charge in [0.05, 0.1) is 5.92 Å². The molecule has 1 aliphatic heterocycles. The fraction of sp³-hybridized carbons (Fsp3) is 0.875. The van der Waals surface area contributed by atoms with Crippen LogP contribution in [0.4, 0.5) is 0 Å². The van der Waals surface area contributed by atoms with Crippen LogP contribution in [0.15, 0.2) is 0 Å². The molecule has 1 atom stereocenters. The zero-order valence-corrected chi connectivity index (χ0v) is 7.92. The molecule has 0 saturated carbocycles. The number of carboxylic acids is 1. The maximum Gasteiger partial charge on any atom is 1.00 e. The molecule has 1 aliphatic rings. The molecule has 1 fully saturated rings. The molecule has 1 N–H and O–H groups in total. The molecule has 0 aromatic heterocycles. The summed E-state index contributed by atoms with van der Waals surface area (Å²) in [5.41, 5.74) is 0. The number of hydrogen-bond acceptors (Lipinski definition) is 2. The summed E-state index contributed by atoms with van der Waals surface area (Å²) in [4.78, 5) is 12.8. The standard InChI is InChI=1S/C8H15NO2.Li.H/c1-2-7(8(10)11)6-9-4-3-5-9;;/h7H,2-6H2,1H3,(H,10,11);;/q;+1;-1. The van der Waals surface area contributed by atoms with Gasteiger partial charge in [0.2, 0.25) is 0 Å². The van der Waals surface area contributed by atoms with Crippen molar-refractivity contribution in [1.29, 1.82) is 0 Å². The Balaban J connectivity index is 0. The normalized spacial score (nSPS) is 19.1. The van der Waals surface area contributed by atoms with Crippen LogP contribution in [0.5, 0.6) is 0 Å². The van der Waals surface area contributed by atoms with Gasteiger partial charge in [-0.3, -0.25) is 4.79 Å². The number of likely N-dealkylation sites (tertiary alicyclic amines) is 1. The maximum absolute atomic E-state index is 10.6. The predicted octanol–water partition coefficient (Wildman–Crippen LogP) is -2.08. The molecular weight excluding hydrogens is 149 g/mol. The van der Waals surface area contributed by atoms with Crippen molar-refractivity contribution in [2.75, 3.05) is 19.6 Å². The second-order valence-electron chi connectivity index (χ2n) is 3.10. The average Bonchev–Trinajstić information content (AvgIpc) is 1.85. The third-order valence-corrected chi connectivity index (χ3v) is 2.27. The average molecular weight is 165 g/mol. The van der Waals surface area contributed by atoms with E-state index in [1.54, 1.807) is 0 Å². The number of carboxylic acid groups (broad SMARTS) is 1. The molecule has 0 bridgehead atoms. The topological polar surface area (TPSA) is 40.5 Å². The third kappa shape index (κ3) is 3.18. The molecule has 0 spiro atoms. The zero-order valence-electron chi connectivity index (χ0n) is 8.92. The van der Waals surface area contributed by atoms with Crippen LogP contribution >= 0.6 is 0 Å². The number of hydrogen-bond donors (Lipinski definition) is 1. The first-order chi connectivity index (χ1) is 5.24. The fourth-order valence-corrected chi connectivity index (χ4v) is 1.26. The van der Waals surface area contributed by atoms with E-state index in [0.717, 1.165) is 26.1 Å². The van der Waals surface area contributed by atoms with Gasteiger partial charge in [-0.25, -0.2) is 0 Å².